The van der Waals surface area contributed by atoms with Crippen LogP contribution in [0.25, 0.3) is 0 Å². The van der Waals surface area contributed by atoms with E-state index in [0.29, 0.717) is 11.3 Å². The number of aliphatic hydroxyl groups excluding tert-OH is 1. The molecule has 0 spiro atoms. The van der Waals surface area contributed by atoms with Crippen LogP contribution in [0, 0.1) is 0 Å². The number of ether oxygens (including phenoxy) is 1. The second kappa shape index (κ2) is 7.16. The van der Waals surface area contributed by atoms with Crippen molar-refractivity contribution in [2.75, 3.05) is 7.11 Å². The van der Waals surface area contributed by atoms with Crippen LogP contribution in [-0.4, -0.2) is 29.3 Å². The number of rotatable bonds is 5. The Morgan fingerprint density at radius 1 is 1.33 bits per heavy atom. The molecule has 2 rings (SSSR count). The average Bonchev–Trinajstić information content (AvgIpc) is 2.55. The fourth-order valence-corrected chi connectivity index (χ4v) is 1.57. The molecular formula is C15H15N3O3. The molecule has 1 aromatic heterocycles. The number of hydrogen-bond donors (Lipinski definition) is 2. The zero-order valence-corrected chi connectivity index (χ0v) is 11.5. The summed E-state index contributed by atoms with van der Waals surface area (Å²) in [5.74, 6) is 0.392. The normalized spacial score (nSPS) is 10.6. The van der Waals surface area contributed by atoms with Crippen molar-refractivity contribution < 1.29 is 14.6 Å². The molecule has 0 aliphatic rings. The number of aliphatic hydroxyl groups is 1. The molecule has 0 aliphatic heterocycles. The van der Waals surface area contributed by atoms with Crippen LogP contribution < -0.4 is 10.2 Å². The highest BCUT2D eigenvalue weighted by Crippen LogP contribution is 2.09. The van der Waals surface area contributed by atoms with E-state index in [0.717, 1.165) is 11.3 Å². The highest BCUT2D eigenvalue weighted by atomic mass is 16.5. The molecule has 21 heavy (non-hydrogen) atoms. The smallest absolute Gasteiger partial charge is 0.272 e. The fraction of sp³-hybridized carbons (Fsp3) is 0.133. The van der Waals surface area contributed by atoms with Crippen molar-refractivity contribution >= 4 is 12.1 Å². The van der Waals surface area contributed by atoms with Crippen LogP contribution in [0.5, 0.6) is 5.75 Å². The quantitative estimate of drug-likeness (QED) is 0.641. The average molecular weight is 285 g/mol. The number of carbonyl (C=O) groups is 1. The van der Waals surface area contributed by atoms with E-state index >= 15 is 0 Å². The second-order valence-corrected chi connectivity index (χ2v) is 4.17. The molecule has 0 unspecified atom stereocenters. The third kappa shape index (κ3) is 4.12. The minimum Gasteiger partial charge on any atom is -0.497 e. The van der Waals surface area contributed by atoms with E-state index in [1.807, 2.05) is 12.1 Å². The molecular weight excluding hydrogens is 270 g/mol. The van der Waals surface area contributed by atoms with Gasteiger partial charge in [-0.15, -0.1) is 0 Å². The molecule has 0 fully saturated rings. The van der Waals surface area contributed by atoms with Gasteiger partial charge in [-0.2, -0.15) is 5.10 Å². The van der Waals surface area contributed by atoms with Gasteiger partial charge in [-0.05, 0) is 42.0 Å². The second-order valence-electron chi connectivity index (χ2n) is 4.17. The van der Waals surface area contributed by atoms with Gasteiger partial charge in [0.2, 0.25) is 0 Å². The molecule has 0 saturated heterocycles. The van der Waals surface area contributed by atoms with Gasteiger partial charge in [0, 0.05) is 6.20 Å². The monoisotopic (exact) mass is 285 g/mol. The van der Waals surface area contributed by atoms with Crippen molar-refractivity contribution in [1.82, 2.24) is 10.4 Å². The first-order chi connectivity index (χ1) is 10.2. The summed E-state index contributed by atoms with van der Waals surface area (Å²) in [6.45, 7) is -0.155. The SMILES string of the molecule is COc1ccc(/C=N/NC(=O)c2ccc(CO)nc2)cc1. The summed E-state index contributed by atoms with van der Waals surface area (Å²) in [6.07, 6.45) is 2.93. The Morgan fingerprint density at radius 3 is 2.67 bits per heavy atom. The first-order valence-electron chi connectivity index (χ1n) is 6.26. The number of methoxy groups -OCH3 is 1. The van der Waals surface area contributed by atoms with Crippen molar-refractivity contribution in [3.8, 4) is 5.75 Å². The molecule has 0 radical (unpaired) electrons. The lowest BCUT2D eigenvalue weighted by molar-refractivity contribution is 0.0954. The third-order valence-corrected chi connectivity index (χ3v) is 2.74. The molecule has 0 aliphatic carbocycles. The van der Waals surface area contributed by atoms with Gasteiger partial charge in [-0.25, -0.2) is 5.43 Å². The van der Waals surface area contributed by atoms with Crippen LogP contribution in [-0.2, 0) is 6.61 Å². The predicted octanol–water partition coefficient (Wildman–Crippen LogP) is 1.35. The van der Waals surface area contributed by atoms with E-state index in [2.05, 4.69) is 15.5 Å². The highest BCUT2D eigenvalue weighted by molar-refractivity contribution is 5.94. The van der Waals surface area contributed by atoms with Crippen LogP contribution in [0.2, 0.25) is 0 Å². The number of hydrogen-bond acceptors (Lipinski definition) is 5. The molecule has 1 amide bonds. The Morgan fingerprint density at radius 2 is 2.10 bits per heavy atom. The van der Waals surface area contributed by atoms with Crippen LogP contribution in [0.15, 0.2) is 47.7 Å². The summed E-state index contributed by atoms with van der Waals surface area (Å²) in [7, 11) is 1.60. The minimum absolute atomic E-state index is 0.155. The van der Waals surface area contributed by atoms with Crippen LogP contribution >= 0.6 is 0 Å². The Balaban J connectivity index is 1.94. The van der Waals surface area contributed by atoms with Gasteiger partial charge in [0.05, 0.1) is 31.2 Å². The lowest BCUT2D eigenvalue weighted by atomic mass is 10.2. The highest BCUT2D eigenvalue weighted by Gasteiger charge is 2.04. The minimum atomic E-state index is -0.364. The first-order valence-corrected chi connectivity index (χ1v) is 6.26. The molecule has 108 valence electrons. The number of nitrogens with one attached hydrogen (secondary N) is 1. The number of benzene rings is 1. The molecule has 2 aromatic rings. The van der Waals surface area contributed by atoms with Crippen molar-refractivity contribution in [3.63, 3.8) is 0 Å². The van der Waals surface area contributed by atoms with Gasteiger partial charge in [0.1, 0.15) is 5.75 Å². The number of carbonyl (C=O) groups excluding carboxylic acids is 1. The zero-order valence-electron chi connectivity index (χ0n) is 11.5. The predicted molar refractivity (Wildman–Crippen MR) is 78.2 cm³/mol. The molecule has 0 atom stereocenters. The van der Waals surface area contributed by atoms with Crippen molar-refractivity contribution in [2.45, 2.75) is 6.61 Å². The third-order valence-electron chi connectivity index (χ3n) is 2.74. The van der Waals surface area contributed by atoms with Gasteiger partial charge in [0.15, 0.2) is 0 Å². The van der Waals surface area contributed by atoms with Gasteiger partial charge in [0.25, 0.3) is 5.91 Å². The maximum atomic E-state index is 11.8. The van der Waals surface area contributed by atoms with E-state index < -0.39 is 0 Å². The van der Waals surface area contributed by atoms with Crippen LogP contribution in [0.3, 0.4) is 0 Å². The summed E-state index contributed by atoms with van der Waals surface area (Å²) in [4.78, 5) is 15.7. The Hall–Kier alpha value is -2.73. The molecule has 6 heteroatoms. The molecule has 2 N–H and O–H groups in total. The van der Waals surface area contributed by atoms with E-state index in [9.17, 15) is 4.79 Å². The lowest BCUT2D eigenvalue weighted by Gasteiger charge is -2.01. The van der Waals surface area contributed by atoms with E-state index in [1.165, 1.54) is 12.4 Å². The number of pyridine rings is 1. The zero-order chi connectivity index (χ0) is 15.1. The van der Waals surface area contributed by atoms with Gasteiger partial charge >= 0.3 is 0 Å². The van der Waals surface area contributed by atoms with E-state index in [4.69, 9.17) is 9.84 Å². The van der Waals surface area contributed by atoms with Crippen molar-refractivity contribution in [1.29, 1.82) is 0 Å². The largest absolute Gasteiger partial charge is 0.497 e. The number of hydrazone groups is 1. The van der Waals surface area contributed by atoms with Gasteiger partial charge < -0.3 is 9.84 Å². The maximum absolute atomic E-state index is 11.8. The summed E-state index contributed by atoms with van der Waals surface area (Å²) in [5, 5.41) is 12.7. The summed E-state index contributed by atoms with van der Waals surface area (Å²) in [6, 6.07) is 10.4. The van der Waals surface area contributed by atoms with Crippen LogP contribution in [0.4, 0.5) is 0 Å². The lowest BCUT2D eigenvalue weighted by Crippen LogP contribution is -2.17. The number of aromatic nitrogens is 1. The van der Waals surface area contributed by atoms with E-state index in [1.54, 1.807) is 31.4 Å². The molecule has 1 aromatic carbocycles. The van der Waals surface area contributed by atoms with Crippen molar-refractivity contribution in [3.05, 3.63) is 59.4 Å². The molecule has 0 saturated carbocycles. The summed E-state index contributed by atoms with van der Waals surface area (Å²) < 4.78 is 5.05. The van der Waals surface area contributed by atoms with E-state index in [-0.39, 0.29) is 12.5 Å². The topological polar surface area (TPSA) is 83.8 Å². The van der Waals surface area contributed by atoms with Crippen LogP contribution in [0.1, 0.15) is 21.6 Å². The Kier molecular flexibility index (Phi) is 5.00. The van der Waals surface area contributed by atoms with Gasteiger partial charge in [-0.3, -0.25) is 9.78 Å². The fourth-order valence-electron chi connectivity index (χ4n) is 1.57. The molecule has 0 bridgehead atoms. The number of nitrogens with zero attached hydrogens (tertiary/aromatic N) is 2. The Bertz CT molecular complexity index is 622. The van der Waals surface area contributed by atoms with Crippen molar-refractivity contribution in [2.24, 2.45) is 5.10 Å². The first kappa shape index (κ1) is 14.7. The molecule has 1 heterocycles. The number of amides is 1. The summed E-state index contributed by atoms with van der Waals surface area (Å²) >= 11 is 0. The Labute approximate surface area is 122 Å². The van der Waals surface area contributed by atoms with Gasteiger partial charge in [-0.1, -0.05) is 0 Å². The summed E-state index contributed by atoms with van der Waals surface area (Å²) in [5.41, 5.74) is 4.13. The molecule has 6 nitrogen and oxygen atoms in total. The maximum Gasteiger partial charge on any atom is 0.272 e. The standard InChI is InChI=1S/C15H15N3O3/c1-21-14-6-2-11(3-7-14)8-17-18-15(20)12-4-5-13(10-19)16-9-12/h2-9,19H,10H2,1H3,(H,18,20)/b17-8+.